The van der Waals surface area contributed by atoms with Gasteiger partial charge in [-0.2, -0.15) is 18.3 Å². The Labute approximate surface area is 112 Å². The molecule has 2 aromatic rings. The van der Waals surface area contributed by atoms with Crippen LogP contribution < -0.4 is 0 Å². The van der Waals surface area contributed by atoms with Crippen LogP contribution in [0.25, 0.3) is 5.69 Å². The first-order valence-electron chi connectivity index (χ1n) is 5.72. The third kappa shape index (κ3) is 2.81. The number of carboxylic acid groups (broad SMARTS) is 1. The van der Waals surface area contributed by atoms with Crippen LogP contribution in [0, 0.1) is 6.92 Å². The zero-order valence-electron chi connectivity index (χ0n) is 10.5. The van der Waals surface area contributed by atoms with E-state index in [1.807, 2.05) is 0 Å². The summed E-state index contributed by atoms with van der Waals surface area (Å²) < 4.78 is 40.1. The highest BCUT2D eigenvalue weighted by molar-refractivity contribution is 5.70. The molecule has 7 heteroatoms. The second kappa shape index (κ2) is 4.99. The van der Waals surface area contributed by atoms with Crippen molar-refractivity contribution in [3.8, 4) is 5.69 Å². The largest absolute Gasteiger partial charge is 0.481 e. The molecule has 0 saturated carbocycles. The Morgan fingerprint density at radius 1 is 1.40 bits per heavy atom. The average Bonchev–Trinajstić information content (AvgIpc) is 2.71. The van der Waals surface area contributed by atoms with Crippen molar-refractivity contribution < 1.29 is 23.1 Å². The van der Waals surface area contributed by atoms with Crippen LogP contribution in [-0.4, -0.2) is 20.9 Å². The van der Waals surface area contributed by atoms with Crippen LogP contribution >= 0.6 is 0 Å². The molecule has 0 fully saturated rings. The topological polar surface area (TPSA) is 55.1 Å². The van der Waals surface area contributed by atoms with E-state index in [0.717, 1.165) is 16.4 Å². The molecule has 1 heterocycles. The summed E-state index contributed by atoms with van der Waals surface area (Å²) in [5.41, 5.74) is -0.378. The lowest BCUT2D eigenvalue weighted by Crippen LogP contribution is -2.16. The van der Waals surface area contributed by atoms with Crippen LogP contribution in [0.5, 0.6) is 0 Å². The molecule has 0 bridgehead atoms. The number of rotatable bonds is 3. The lowest BCUT2D eigenvalue weighted by Gasteiger charge is -2.12. The summed E-state index contributed by atoms with van der Waals surface area (Å²) in [6, 6.07) is 6.40. The van der Waals surface area contributed by atoms with E-state index in [2.05, 4.69) is 5.10 Å². The van der Waals surface area contributed by atoms with Gasteiger partial charge in [-0.05, 0) is 24.6 Å². The van der Waals surface area contributed by atoms with Gasteiger partial charge in [-0.15, -0.1) is 0 Å². The Kier molecular flexibility index (Phi) is 3.52. The number of aliphatic carboxylic acids is 1. The van der Waals surface area contributed by atoms with Crippen molar-refractivity contribution in [1.82, 2.24) is 9.78 Å². The maximum absolute atomic E-state index is 13.1. The number of halogens is 3. The Hall–Kier alpha value is -2.31. The SMILES string of the molecule is Cc1cccc(-n2ncc(CC(=O)O)c2C(F)(F)F)c1. The van der Waals surface area contributed by atoms with Crippen LogP contribution in [-0.2, 0) is 17.4 Å². The molecule has 2 rings (SSSR count). The van der Waals surface area contributed by atoms with Crippen molar-refractivity contribution in [2.24, 2.45) is 0 Å². The molecule has 0 unspecified atom stereocenters. The molecule has 0 saturated heterocycles. The van der Waals surface area contributed by atoms with E-state index in [1.165, 1.54) is 6.07 Å². The second-order valence-electron chi connectivity index (χ2n) is 4.34. The third-order valence-corrected chi connectivity index (χ3v) is 2.70. The molecule has 0 atom stereocenters. The predicted molar refractivity (Wildman–Crippen MR) is 64.6 cm³/mol. The summed E-state index contributed by atoms with van der Waals surface area (Å²) in [5, 5.41) is 12.4. The average molecular weight is 284 g/mol. The van der Waals surface area contributed by atoms with Crippen molar-refractivity contribution in [2.75, 3.05) is 0 Å². The van der Waals surface area contributed by atoms with Gasteiger partial charge < -0.3 is 5.11 Å². The fraction of sp³-hybridized carbons (Fsp3) is 0.231. The minimum atomic E-state index is -4.68. The fourth-order valence-electron chi connectivity index (χ4n) is 1.93. The van der Waals surface area contributed by atoms with Gasteiger partial charge in [0.1, 0.15) is 0 Å². The highest BCUT2D eigenvalue weighted by atomic mass is 19.4. The van der Waals surface area contributed by atoms with Gasteiger partial charge in [0.25, 0.3) is 0 Å². The van der Waals surface area contributed by atoms with Crippen LogP contribution in [0.4, 0.5) is 13.2 Å². The standard InChI is InChI=1S/C13H11F3N2O2/c1-8-3-2-4-10(5-8)18-12(13(14,15)16)9(7-17-18)6-11(19)20/h2-5,7H,6H2,1H3,(H,19,20). The normalized spacial score (nSPS) is 11.6. The molecule has 0 aliphatic carbocycles. The number of hydrogen-bond donors (Lipinski definition) is 1. The molecule has 0 amide bonds. The van der Waals surface area contributed by atoms with E-state index in [1.54, 1.807) is 25.1 Å². The number of benzene rings is 1. The molecule has 1 N–H and O–H groups in total. The Morgan fingerprint density at radius 3 is 2.65 bits per heavy atom. The number of alkyl halides is 3. The first-order chi connectivity index (χ1) is 9.29. The van der Waals surface area contributed by atoms with Crippen molar-refractivity contribution in [1.29, 1.82) is 0 Å². The monoisotopic (exact) mass is 284 g/mol. The minimum Gasteiger partial charge on any atom is -0.481 e. The molecule has 0 aliphatic heterocycles. The summed E-state index contributed by atoms with van der Waals surface area (Å²) in [5.74, 6) is -1.33. The van der Waals surface area contributed by atoms with E-state index in [9.17, 15) is 18.0 Å². The van der Waals surface area contributed by atoms with Crippen molar-refractivity contribution in [3.63, 3.8) is 0 Å². The van der Waals surface area contributed by atoms with Gasteiger partial charge >= 0.3 is 12.1 Å². The molecule has 1 aromatic carbocycles. The predicted octanol–water partition coefficient (Wildman–Crippen LogP) is 2.83. The molecular formula is C13H11F3N2O2. The van der Waals surface area contributed by atoms with E-state index in [4.69, 9.17) is 5.11 Å². The van der Waals surface area contributed by atoms with Crippen molar-refractivity contribution in [3.05, 3.63) is 47.3 Å². The molecule has 4 nitrogen and oxygen atoms in total. The van der Waals surface area contributed by atoms with Crippen LogP contribution in [0.15, 0.2) is 30.5 Å². The molecule has 1 aromatic heterocycles. The van der Waals surface area contributed by atoms with Crippen LogP contribution in [0.3, 0.4) is 0 Å². The quantitative estimate of drug-likeness (QED) is 0.943. The highest BCUT2D eigenvalue weighted by Gasteiger charge is 2.38. The van der Waals surface area contributed by atoms with Crippen molar-refractivity contribution in [2.45, 2.75) is 19.5 Å². The third-order valence-electron chi connectivity index (χ3n) is 2.70. The molecule has 106 valence electrons. The lowest BCUT2D eigenvalue weighted by molar-refractivity contribution is -0.144. The number of aromatic nitrogens is 2. The molecule has 0 radical (unpaired) electrons. The smallest absolute Gasteiger partial charge is 0.433 e. The minimum absolute atomic E-state index is 0.244. The Morgan fingerprint density at radius 2 is 2.10 bits per heavy atom. The van der Waals surface area contributed by atoms with Gasteiger partial charge in [0.05, 0.1) is 18.3 Å². The number of carbonyl (C=O) groups is 1. The molecule has 0 aliphatic rings. The second-order valence-corrected chi connectivity index (χ2v) is 4.34. The lowest BCUT2D eigenvalue weighted by atomic mass is 10.1. The maximum atomic E-state index is 13.1. The van der Waals surface area contributed by atoms with E-state index in [0.29, 0.717) is 0 Å². The summed E-state index contributed by atoms with van der Waals surface area (Å²) in [6.07, 6.45) is -4.45. The maximum Gasteiger partial charge on any atom is 0.433 e. The van der Waals surface area contributed by atoms with Gasteiger partial charge in [0, 0.05) is 5.56 Å². The summed E-state index contributed by atoms with van der Waals surface area (Å²) in [4.78, 5) is 10.6. The summed E-state index contributed by atoms with van der Waals surface area (Å²) >= 11 is 0. The van der Waals surface area contributed by atoms with Gasteiger partial charge in [-0.3, -0.25) is 4.79 Å². The van der Waals surface area contributed by atoms with E-state index >= 15 is 0 Å². The first kappa shape index (κ1) is 14.1. The summed E-state index contributed by atoms with van der Waals surface area (Å²) in [7, 11) is 0. The van der Waals surface area contributed by atoms with Gasteiger partial charge in [0.2, 0.25) is 0 Å². The Balaban J connectivity index is 2.59. The van der Waals surface area contributed by atoms with Crippen LogP contribution in [0.2, 0.25) is 0 Å². The molecular weight excluding hydrogens is 273 g/mol. The first-order valence-corrected chi connectivity index (χ1v) is 5.72. The zero-order chi connectivity index (χ0) is 14.9. The highest BCUT2D eigenvalue weighted by Crippen LogP contribution is 2.33. The molecule has 0 spiro atoms. The van der Waals surface area contributed by atoms with Gasteiger partial charge in [0.15, 0.2) is 5.69 Å². The number of carboxylic acids is 1. The van der Waals surface area contributed by atoms with Gasteiger partial charge in [-0.25, -0.2) is 4.68 Å². The van der Waals surface area contributed by atoms with Crippen LogP contribution in [0.1, 0.15) is 16.8 Å². The van der Waals surface area contributed by atoms with Gasteiger partial charge in [-0.1, -0.05) is 12.1 Å². The molecule has 20 heavy (non-hydrogen) atoms. The van der Waals surface area contributed by atoms with E-state index in [-0.39, 0.29) is 11.3 Å². The fourth-order valence-corrected chi connectivity index (χ4v) is 1.93. The summed E-state index contributed by atoms with van der Waals surface area (Å²) in [6.45, 7) is 1.75. The van der Waals surface area contributed by atoms with Crippen molar-refractivity contribution >= 4 is 5.97 Å². The number of nitrogens with zero attached hydrogens (tertiary/aromatic N) is 2. The van der Waals surface area contributed by atoms with E-state index < -0.39 is 24.3 Å². The Bertz CT molecular complexity index is 647. The number of hydrogen-bond acceptors (Lipinski definition) is 2. The number of aryl methyl sites for hydroxylation is 1. The zero-order valence-corrected chi connectivity index (χ0v) is 10.5.